The smallest absolute Gasteiger partial charge is 0.0178 e. The lowest BCUT2D eigenvalue weighted by Gasteiger charge is -2.59. The molecule has 2 nitrogen and oxygen atoms in total. The molecule has 0 radical (unpaired) electrons. The van der Waals surface area contributed by atoms with Crippen molar-refractivity contribution in [2.45, 2.75) is 117 Å². The molecule has 21 heavy (non-hydrogen) atoms. The lowest BCUT2D eigenvalue weighted by atomic mass is 9.77. The van der Waals surface area contributed by atoms with Crippen LogP contribution < -0.4 is 0 Å². The third-order valence-corrected chi connectivity index (χ3v) is 4.99. The van der Waals surface area contributed by atoms with Crippen molar-refractivity contribution < 1.29 is 0 Å². The van der Waals surface area contributed by atoms with Crippen LogP contribution in [0.1, 0.15) is 89.0 Å². The summed E-state index contributed by atoms with van der Waals surface area (Å²) in [6, 6.07) is 0.612. The number of nitrogens with zero attached hydrogens (tertiary/aromatic N) is 2. The third-order valence-electron chi connectivity index (χ3n) is 4.99. The normalized spacial score (nSPS) is 29.0. The molecule has 0 spiro atoms. The first kappa shape index (κ1) is 19.0. The molecule has 0 aromatic heterocycles. The Kier molecular flexibility index (Phi) is 4.99. The molecule has 1 aliphatic rings. The minimum absolute atomic E-state index is 0.199. The Labute approximate surface area is 134 Å². The fourth-order valence-corrected chi connectivity index (χ4v) is 5.40. The maximum Gasteiger partial charge on any atom is 0.0178 e. The van der Waals surface area contributed by atoms with E-state index in [1.807, 2.05) is 0 Å². The van der Waals surface area contributed by atoms with Crippen LogP contribution in [0.2, 0.25) is 0 Å². The molecule has 1 unspecified atom stereocenters. The second kappa shape index (κ2) is 5.53. The minimum atomic E-state index is 0.199. The van der Waals surface area contributed by atoms with Crippen molar-refractivity contribution in [3.05, 3.63) is 0 Å². The van der Waals surface area contributed by atoms with Gasteiger partial charge in [-0.25, -0.2) is 0 Å². The van der Waals surface area contributed by atoms with Gasteiger partial charge >= 0.3 is 0 Å². The van der Waals surface area contributed by atoms with Crippen molar-refractivity contribution in [2.24, 2.45) is 0 Å². The highest BCUT2D eigenvalue weighted by Gasteiger charge is 2.46. The second-order valence-electron chi connectivity index (χ2n) is 10.3. The summed E-state index contributed by atoms with van der Waals surface area (Å²) < 4.78 is 0. The summed E-state index contributed by atoms with van der Waals surface area (Å²) >= 11 is 0. The molecule has 2 heteroatoms. The van der Waals surface area contributed by atoms with Crippen LogP contribution in [0.3, 0.4) is 0 Å². The van der Waals surface area contributed by atoms with Gasteiger partial charge in [0.2, 0.25) is 0 Å². The first-order chi connectivity index (χ1) is 9.09. The SMILES string of the molecule is CC1CCN(C(C)(C)C)C(C)(C)CC(C)(C)N1C(C)(C)C. The van der Waals surface area contributed by atoms with Gasteiger partial charge in [-0.1, -0.05) is 0 Å². The van der Waals surface area contributed by atoms with Crippen LogP contribution in [0.15, 0.2) is 0 Å². The standard InChI is InChI=1S/C19H40N2/c1-15-12-13-20(16(2,3)4)18(8,9)14-19(10,11)21(15)17(5,6)7/h15H,12-14H2,1-11H3. The van der Waals surface area contributed by atoms with Crippen LogP contribution in [-0.4, -0.2) is 44.5 Å². The van der Waals surface area contributed by atoms with Crippen LogP contribution >= 0.6 is 0 Å². The third kappa shape index (κ3) is 4.22. The van der Waals surface area contributed by atoms with Gasteiger partial charge in [0.05, 0.1) is 0 Å². The van der Waals surface area contributed by atoms with Crippen molar-refractivity contribution >= 4 is 0 Å². The van der Waals surface area contributed by atoms with Gasteiger partial charge in [-0.2, -0.15) is 0 Å². The molecule has 0 aromatic carbocycles. The van der Waals surface area contributed by atoms with E-state index in [0.29, 0.717) is 6.04 Å². The lowest BCUT2D eigenvalue weighted by molar-refractivity contribution is -0.0871. The highest BCUT2D eigenvalue weighted by Crippen LogP contribution is 2.40. The predicted molar refractivity (Wildman–Crippen MR) is 94.9 cm³/mol. The summed E-state index contributed by atoms with van der Waals surface area (Å²) in [5, 5.41) is 0. The Balaban J connectivity index is 3.23. The molecule has 1 fully saturated rings. The van der Waals surface area contributed by atoms with E-state index in [-0.39, 0.29) is 22.2 Å². The maximum atomic E-state index is 2.75. The van der Waals surface area contributed by atoms with Gasteiger partial charge in [-0.05, 0) is 89.0 Å². The molecule has 1 rings (SSSR count). The molecular formula is C19H40N2. The molecule has 0 N–H and O–H groups in total. The Morgan fingerprint density at radius 2 is 1.29 bits per heavy atom. The zero-order chi connectivity index (χ0) is 16.9. The number of hydrogen-bond acceptors (Lipinski definition) is 2. The van der Waals surface area contributed by atoms with Crippen LogP contribution in [0, 0.1) is 0 Å². The summed E-state index contributed by atoms with van der Waals surface area (Å²) in [5.74, 6) is 0. The quantitative estimate of drug-likeness (QED) is 0.625. The molecule has 0 amide bonds. The molecule has 0 aliphatic carbocycles. The molecule has 0 aromatic rings. The summed E-state index contributed by atoms with van der Waals surface area (Å²) in [6.07, 6.45) is 2.43. The average Bonchev–Trinajstić information content (AvgIpc) is 2.07. The Bertz CT molecular complexity index is 355. The van der Waals surface area contributed by atoms with Gasteiger partial charge in [-0.15, -0.1) is 0 Å². The Hall–Kier alpha value is -0.0800. The van der Waals surface area contributed by atoms with E-state index in [4.69, 9.17) is 0 Å². The molecule has 0 bridgehead atoms. The van der Waals surface area contributed by atoms with Crippen molar-refractivity contribution in [3.8, 4) is 0 Å². The zero-order valence-electron chi connectivity index (χ0n) is 16.6. The van der Waals surface area contributed by atoms with Crippen molar-refractivity contribution in [2.75, 3.05) is 6.54 Å². The van der Waals surface area contributed by atoms with Crippen molar-refractivity contribution in [1.29, 1.82) is 0 Å². The van der Waals surface area contributed by atoms with E-state index >= 15 is 0 Å². The van der Waals surface area contributed by atoms with Gasteiger partial charge in [0.15, 0.2) is 0 Å². The van der Waals surface area contributed by atoms with E-state index < -0.39 is 0 Å². The van der Waals surface area contributed by atoms with E-state index in [1.165, 1.54) is 19.4 Å². The van der Waals surface area contributed by atoms with Gasteiger partial charge < -0.3 is 0 Å². The van der Waals surface area contributed by atoms with Crippen molar-refractivity contribution in [3.63, 3.8) is 0 Å². The lowest BCUT2D eigenvalue weighted by Crippen LogP contribution is -2.66. The van der Waals surface area contributed by atoms with Crippen molar-refractivity contribution in [1.82, 2.24) is 9.80 Å². The first-order valence-electron chi connectivity index (χ1n) is 8.66. The van der Waals surface area contributed by atoms with E-state index in [2.05, 4.69) is 86.0 Å². The topological polar surface area (TPSA) is 6.48 Å². The van der Waals surface area contributed by atoms with E-state index in [9.17, 15) is 0 Å². The fourth-order valence-electron chi connectivity index (χ4n) is 5.40. The number of hydrogen-bond donors (Lipinski definition) is 0. The average molecular weight is 297 g/mol. The summed E-state index contributed by atoms with van der Waals surface area (Å²) in [6.45, 7) is 27.5. The Morgan fingerprint density at radius 1 is 0.810 bits per heavy atom. The molecule has 0 saturated carbocycles. The van der Waals surface area contributed by atoms with Gasteiger partial charge in [0.1, 0.15) is 0 Å². The minimum Gasteiger partial charge on any atom is -0.293 e. The fraction of sp³-hybridized carbons (Fsp3) is 1.00. The van der Waals surface area contributed by atoms with E-state index in [1.54, 1.807) is 0 Å². The van der Waals surface area contributed by atoms with Crippen LogP contribution in [0.25, 0.3) is 0 Å². The summed E-state index contributed by atoms with van der Waals surface area (Å²) in [7, 11) is 0. The predicted octanol–water partition coefficient (Wildman–Crippen LogP) is 4.93. The van der Waals surface area contributed by atoms with Gasteiger partial charge in [0.25, 0.3) is 0 Å². The molecular weight excluding hydrogens is 256 g/mol. The first-order valence-corrected chi connectivity index (χ1v) is 8.66. The molecule has 1 heterocycles. The summed E-state index contributed by atoms with van der Waals surface area (Å²) in [5.41, 5.74) is 0.850. The van der Waals surface area contributed by atoms with E-state index in [0.717, 1.165) is 0 Å². The highest BCUT2D eigenvalue weighted by molar-refractivity contribution is 5.03. The van der Waals surface area contributed by atoms with Gasteiger partial charge in [-0.3, -0.25) is 9.80 Å². The monoisotopic (exact) mass is 296 g/mol. The van der Waals surface area contributed by atoms with Crippen LogP contribution in [0.4, 0.5) is 0 Å². The summed E-state index contributed by atoms with van der Waals surface area (Å²) in [4.78, 5) is 5.47. The zero-order valence-corrected chi connectivity index (χ0v) is 16.6. The molecule has 1 atom stereocenters. The van der Waals surface area contributed by atoms with Gasteiger partial charge in [0, 0.05) is 34.7 Å². The maximum absolute atomic E-state index is 2.75. The second-order valence-corrected chi connectivity index (χ2v) is 10.3. The highest BCUT2D eigenvalue weighted by atomic mass is 15.3. The largest absolute Gasteiger partial charge is 0.293 e. The molecule has 1 aliphatic heterocycles. The van der Waals surface area contributed by atoms with Crippen LogP contribution in [0.5, 0.6) is 0 Å². The van der Waals surface area contributed by atoms with Crippen LogP contribution in [-0.2, 0) is 0 Å². The molecule has 126 valence electrons. The molecule has 1 saturated heterocycles. The Morgan fingerprint density at radius 3 is 1.67 bits per heavy atom. The number of rotatable bonds is 0.